The van der Waals surface area contributed by atoms with Gasteiger partial charge in [-0.3, -0.25) is 4.79 Å². The third kappa shape index (κ3) is 3.93. The molecule has 0 spiro atoms. The SMILES string of the molecule is CCCCc1oc2ccccc2c1CN(C)C(=O)C1CCNC1.Cl. The highest BCUT2D eigenvalue weighted by Gasteiger charge is 2.26. The lowest BCUT2D eigenvalue weighted by atomic mass is 10.0. The predicted molar refractivity (Wildman–Crippen MR) is 99.5 cm³/mol. The number of furan rings is 1. The molecule has 0 aliphatic carbocycles. The van der Waals surface area contributed by atoms with Gasteiger partial charge in [-0.25, -0.2) is 0 Å². The molecule has 1 aliphatic rings. The molecule has 1 amide bonds. The maximum Gasteiger partial charge on any atom is 0.227 e. The molecule has 1 atom stereocenters. The molecule has 1 aliphatic heterocycles. The number of fused-ring (bicyclic) bond motifs is 1. The number of para-hydroxylation sites is 1. The zero-order valence-corrected chi connectivity index (χ0v) is 15.3. The van der Waals surface area contributed by atoms with Gasteiger partial charge < -0.3 is 14.6 Å². The summed E-state index contributed by atoms with van der Waals surface area (Å²) in [6.45, 7) is 4.56. The van der Waals surface area contributed by atoms with Crippen LogP contribution in [-0.4, -0.2) is 30.9 Å². The van der Waals surface area contributed by atoms with Crippen LogP contribution in [0.15, 0.2) is 28.7 Å². The second-order valence-electron chi connectivity index (χ2n) is 6.49. The van der Waals surface area contributed by atoms with E-state index in [0.717, 1.165) is 55.5 Å². The number of halogens is 1. The Hall–Kier alpha value is -1.52. The largest absolute Gasteiger partial charge is 0.461 e. The monoisotopic (exact) mass is 350 g/mol. The first-order chi connectivity index (χ1) is 11.2. The summed E-state index contributed by atoms with van der Waals surface area (Å²) in [6.07, 6.45) is 4.13. The first-order valence-corrected chi connectivity index (χ1v) is 8.65. The van der Waals surface area contributed by atoms with Crippen LogP contribution in [0.3, 0.4) is 0 Å². The van der Waals surface area contributed by atoms with Crippen LogP contribution in [0.5, 0.6) is 0 Å². The standard InChI is InChI=1S/C19H26N2O2.ClH/c1-3-4-8-18-16(15-7-5-6-9-17(15)23-18)13-21(2)19(22)14-10-11-20-12-14;/h5-7,9,14,20H,3-4,8,10-13H2,1-2H3;1H. The van der Waals surface area contributed by atoms with Crippen molar-refractivity contribution in [1.29, 1.82) is 0 Å². The van der Waals surface area contributed by atoms with E-state index in [2.05, 4.69) is 18.3 Å². The average Bonchev–Trinajstić information content (AvgIpc) is 3.21. The first kappa shape index (κ1) is 18.8. The molecular weight excluding hydrogens is 324 g/mol. The molecule has 0 radical (unpaired) electrons. The van der Waals surface area contributed by atoms with E-state index in [-0.39, 0.29) is 24.2 Å². The number of carbonyl (C=O) groups is 1. The summed E-state index contributed by atoms with van der Waals surface area (Å²) in [4.78, 5) is 14.5. The van der Waals surface area contributed by atoms with Crippen molar-refractivity contribution >= 4 is 29.3 Å². The molecule has 4 nitrogen and oxygen atoms in total. The predicted octanol–water partition coefficient (Wildman–Crippen LogP) is 3.77. The van der Waals surface area contributed by atoms with Crippen LogP contribution in [0.1, 0.15) is 37.5 Å². The highest BCUT2D eigenvalue weighted by atomic mass is 35.5. The lowest BCUT2D eigenvalue weighted by Crippen LogP contribution is -2.33. The maximum atomic E-state index is 12.6. The number of unbranched alkanes of at least 4 members (excludes halogenated alkanes) is 1. The third-order valence-corrected chi connectivity index (χ3v) is 4.72. The van der Waals surface area contributed by atoms with Crippen LogP contribution in [0.2, 0.25) is 0 Å². The molecule has 0 bridgehead atoms. The van der Waals surface area contributed by atoms with Gasteiger partial charge >= 0.3 is 0 Å². The van der Waals surface area contributed by atoms with Crippen molar-refractivity contribution in [2.45, 2.75) is 39.2 Å². The molecule has 1 N–H and O–H groups in total. The van der Waals surface area contributed by atoms with Gasteiger partial charge in [-0.05, 0) is 25.5 Å². The van der Waals surface area contributed by atoms with E-state index < -0.39 is 0 Å². The lowest BCUT2D eigenvalue weighted by molar-refractivity contribution is -0.134. The highest BCUT2D eigenvalue weighted by Crippen LogP contribution is 2.28. The van der Waals surface area contributed by atoms with Crippen molar-refractivity contribution in [2.24, 2.45) is 5.92 Å². The van der Waals surface area contributed by atoms with Gasteiger partial charge in [0.2, 0.25) is 5.91 Å². The van der Waals surface area contributed by atoms with E-state index in [1.165, 1.54) is 5.56 Å². The molecule has 5 heteroatoms. The molecular formula is C19H27ClN2O2. The van der Waals surface area contributed by atoms with Gasteiger partial charge in [-0.1, -0.05) is 31.5 Å². The average molecular weight is 351 g/mol. The molecule has 2 heterocycles. The Morgan fingerprint density at radius 3 is 2.88 bits per heavy atom. The number of nitrogens with zero attached hydrogens (tertiary/aromatic N) is 1. The molecule has 1 fully saturated rings. The smallest absolute Gasteiger partial charge is 0.227 e. The second-order valence-corrected chi connectivity index (χ2v) is 6.49. The molecule has 3 rings (SSSR count). The van der Waals surface area contributed by atoms with Gasteiger partial charge in [0.05, 0.1) is 5.92 Å². The zero-order valence-electron chi connectivity index (χ0n) is 14.5. The van der Waals surface area contributed by atoms with Gasteiger partial charge in [0, 0.05) is 37.5 Å². The van der Waals surface area contributed by atoms with Crippen LogP contribution in [0, 0.1) is 5.92 Å². The normalized spacial score (nSPS) is 17.0. The molecule has 1 aromatic carbocycles. The lowest BCUT2D eigenvalue weighted by Gasteiger charge is -2.21. The molecule has 1 saturated heterocycles. The molecule has 1 unspecified atom stereocenters. The molecule has 0 saturated carbocycles. The minimum absolute atomic E-state index is 0. The summed E-state index contributed by atoms with van der Waals surface area (Å²) in [6, 6.07) is 8.14. The Morgan fingerprint density at radius 1 is 1.38 bits per heavy atom. The van der Waals surface area contributed by atoms with Crippen molar-refractivity contribution in [1.82, 2.24) is 10.2 Å². The Balaban J connectivity index is 0.00000208. The fraction of sp³-hybridized carbons (Fsp3) is 0.526. The Kier molecular flexibility index (Phi) is 6.69. The van der Waals surface area contributed by atoms with Crippen molar-refractivity contribution < 1.29 is 9.21 Å². The van der Waals surface area contributed by atoms with Gasteiger partial charge in [-0.2, -0.15) is 0 Å². The fourth-order valence-electron chi connectivity index (χ4n) is 3.35. The minimum atomic E-state index is 0. The summed E-state index contributed by atoms with van der Waals surface area (Å²) in [7, 11) is 1.91. The number of carbonyl (C=O) groups excluding carboxylic acids is 1. The van der Waals surface area contributed by atoms with E-state index in [1.54, 1.807) is 0 Å². The van der Waals surface area contributed by atoms with Crippen molar-refractivity contribution in [3.8, 4) is 0 Å². The van der Waals surface area contributed by atoms with Gasteiger partial charge in [0.1, 0.15) is 11.3 Å². The number of rotatable bonds is 6. The number of nitrogens with one attached hydrogen (secondary N) is 1. The summed E-state index contributed by atoms with van der Waals surface area (Å²) < 4.78 is 6.06. The van der Waals surface area contributed by atoms with E-state index in [4.69, 9.17) is 4.42 Å². The van der Waals surface area contributed by atoms with Gasteiger partial charge in [0.15, 0.2) is 0 Å². The van der Waals surface area contributed by atoms with Crippen LogP contribution < -0.4 is 5.32 Å². The zero-order chi connectivity index (χ0) is 16.2. The van der Waals surface area contributed by atoms with Crippen LogP contribution >= 0.6 is 12.4 Å². The van der Waals surface area contributed by atoms with Crippen molar-refractivity contribution in [3.63, 3.8) is 0 Å². The molecule has 1 aromatic heterocycles. The first-order valence-electron chi connectivity index (χ1n) is 8.65. The van der Waals surface area contributed by atoms with Crippen molar-refractivity contribution in [2.75, 3.05) is 20.1 Å². The Morgan fingerprint density at radius 2 is 2.17 bits per heavy atom. The Labute approximate surface area is 150 Å². The number of hydrogen-bond acceptors (Lipinski definition) is 3. The minimum Gasteiger partial charge on any atom is -0.461 e. The molecule has 24 heavy (non-hydrogen) atoms. The number of amides is 1. The van der Waals surface area contributed by atoms with Crippen LogP contribution in [0.25, 0.3) is 11.0 Å². The third-order valence-electron chi connectivity index (χ3n) is 4.72. The second kappa shape index (κ2) is 8.54. The van der Waals surface area contributed by atoms with Crippen LogP contribution in [-0.2, 0) is 17.8 Å². The maximum absolute atomic E-state index is 12.6. The Bertz CT molecular complexity index is 677. The number of hydrogen-bond donors (Lipinski definition) is 1. The quantitative estimate of drug-likeness (QED) is 0.862. The summed E-state index contributed by atoms with van der Waals surface area (Å²) in [5.74, 6) is 1.40. The molecule has 132 valence electrons. The summed E-state index contributed by atoms with van der Waals surface area (Å²) >= 11 is 0. The van der Waals surface area contributed by atoms with E-state index in [0.29, 0.717) is 6.54 Å². The van der Waals surface area contributed by atoms with Gasteiger partial charge in [0.25, 0.3) is 0 Å². The van der Waals surface area contributed by atoms with E-state index in [9.17, 15) is 4.79 Å². The molecule has 2 aromatic rings. The number of benzene rings is 1. The fourth-order valence-corrected chi connectivity index (χ4v) is 3.35. The topological polar surface area (TPSA) is 45.5 Å². The summed E-state index contributed by atoms with van der Waals surface area (Å²) in [5.41, 5.74) is 2.10. The van der Waals surface area contributed by atoms with E-state index >= 15 is 0 Å². The van der Waals surface area contributed by atoms with Gasteiger partial charge in [-0.15, -0.1) is 12.4 Å². The summed E-state index contributed by atoms with van der Waals surface area (Å²) in [5, 5.41) is 4.41. The van der Waals surface area contributed by atoms with E-state index in [1.807, 2.05) is 30.1 Å². The van der Waals surface area contributed by atoms with Crippen LogP contribution in [0.4, 0.5) is 0 Å². The number of aryl methyl sites for hydroxylation is 1. The van der Waals surface area contributed by atoms with Crippen molar-refractivity contribution in [3.05, 3.63) is 35.6 Å². The highest BCUT2D eigenvalue weighted by molar-refractivity contribution is 5.85.